The van der Waals surface area contributed by atoms with Gasteiger partial charge in [0.1, 0.15) is 0 Å². The Hall–Kier alpha value is -9.49. The quantitative estimate of drug-likeness (QED) is 0.135. The molecule has 0 aliphatic carbocycles. The zero-order valence-electron chi connectivity index (χ0n) is 43.7. The Morgan fingerprint density at radius 1 is 0.289 bits per heavy atom. The lowest BCUT2D eigenvalue weighted by Crippen LogP contribution is -2.04. The van der Waals surface area contributed by atoms with Gasteiger partial charge in [-0.05, 0) is 163 Å². The number of aryl methyl sites for hydroxylation is 6. The lowest BCUT2D eigenvalue weighted by atomic mass is 9.88. The zero-order chi connectivity index (χ0) is 51.8. The van der Waals surface area contributed by atoms with Crippen LogP contribution >= 0.6 is 0 Å². The van der Waals surface area contributed by atoms with Crippen molar-refractivity contribution in [3.8, 4) is 78.1 Å². The third-order valence-electron chi connectivity index (χ3n) is 15.7. The Bertz CT molecular complexity index is 4270. The van der Waals surface area contributed by atoms with Crippen LogP contribution in [0.2, 0.25) is 0 Å². The Kier molecular flexibility index (Phi) is 11.3. The van der Waals surface area contributed by atoms with Crippen molar-refractivity contribution in [2.45, 2.75) is 41.5 Å². The summed E-state index contributed by atoms with van der Waals surface area (Å²) in [6.45, 7) is 22.0. The number of hydrogen-bond donors (Lipinski definition) is 0. The van der Waals surface area contributed by atoms with Crippen LogP contribution < -0.4 is 0 Å². The van der Waals surface area contributed by atoms with Crippen molar-refractivity contribution in [3.05, 3.63) is 269 Å². The molecule has 0 atom stereocenters. The van der Waals surface area contributed by atoms with Gasteiger partial charge in [-0.25, -0.2) is 4.85 Å². The largest absolute Gasteiger partial charge is 0.310 e. The van der Waals surface area contributed by atoms with Crippen molar-refractivity contribution in [3.63, 3.8) is 0 Å². The highest BCUT2D eigenvalue weighted by atomic mass is 15.0. The fraction of sp³-hybridized carbons (Fsp3) is 0.0822. The van der Waals surface area contributed by atoms with Crippen LogP contribution in [-0.2, 0) is 0 Å². The van der Waals surface area contributed by atoms with Gasteiger partial charge in [0.2, 0.25) is 0 Å². The number of rotatable bonds is 8. The molecule has 0 bridgehead atoms. The van der Waals surface area contributed by atoms with Gasteiger partial charge in [0.05, 0.1) is 34.3 Å². The van der Waals surface area contributed by atoms with Crippen LogP contribution in [0.3, 0.4) is 0 Å². The van der Waals surface area contributed by atoms with Crippen LogP contribution in [0.5, 0.6) is 0 Å². The van der Waals surface area contributed by atoms with E-state index in [1.54, 1.807) is 0 Å². The third kappa shape index (κ3) is 7.90. The van der Waals surface area contributed by atoms with Gasteiger partial charge in [0, 0.05) is 38.4 Å². The van der Waals surface area contributed by atoms with Gasteiger partial charge in [-0.2, -0.15) is 0 Å². The summed E-state index contributed by atoms with van der Waals surface area (Å²) in [6.07, 6.45) is 0. The smallest absolute Gasteiger partial charge is 0.197 e. The first-order valence-electron chi connectivity index (χ1n) is 26.3. The van der Waals surface area contributed by atoms with Crippen molar-refractivity contribution >= 4 is 49.3 Å². The molecule has 0 saturated heterocycles. The van der Waals surface area contributed by atoms with Crippen LogP contribution in [0.1, 0.15) is 33.4 Å². The van der Waals surface area contributed by atoms with Crippen molar-refractivity contribution in [2.24, 2.45) is 0 Å². The highest BCUT2D eigenvalue weighted by Gasteiger charge is 2.26. The maximum Gasteiger partial charge on any atom is 0.197 e. The first-order valence-corrected chi connectivity index (χ1v) is 26.3. The molecule has 3 nitrogen and oxygen atoms in total. The maximum absolute atomic E-state index is 9.06. The molecule has 0 radical (unpaired) electrons. The summed E-state index contributed by atoms with van der Waals surface area (Å²) in [5.41, 5.74) is 27.6. The van der Waals surface area contributed by atoms with Gasteiger partial charge < -0.3 is 9.13 Å². The Morgan fingerprint density at radius 3 is 0.974 bits per heavy atom. The van der Waals surface area contributed by atoms with Crippen LogP contribution in [0, 0.1) is 48.1 Å². The molecule has 0 aliphatic heterocycles. The molecule has 0 unspecified atom stereocenters. The molecule has 76 heavy (non-hydrogen) atoms. The van der Waals surface area contributed by atoms with E-state index in [-0.39, 0.29) is 0 Å². The van der Waals surface area contributed by atoms with E-state index in [4.69, 9.17) is 6.57 Å². The summed E-state index contributed by atoms with van der Waals surface area (Å²) >= 11 is 0. The molecule has 0 spiro atoms. The van der Waals surface area contributed by atoms with E-state index in [1.165, 1.54) is 77.5 Å². The number of aromatic nitrogens is 2. The molecule has 13 rings (SSSR count). The average Bonchev–Trinajstić information content (AvgIpc) is 4.09. The maximum atomic E-state index is 9.06. The molecule has 0 fully saturated rings. The van der Waals surface area contributed by atoms with E-state index in [9.17, 15) is 0 Å². The SMILES string of the molecule is [C-]#[N+]c1cccc(-n2c3ccc(-c4ccc(C)cc4)cc3c3cc(-c4ccc(C)cc4)ccc32)c1-c1c(-c2ccc(C)cc2C)cccc1-n1c2ccc(-c3ccc(C)cc3)cc2c2cc(-c3ccc(C)cc3)ccc21. The van der Waals surface area contributed by atoms with E-state index in [0.717, 1.165) is 77.6 Å². The van der Waals surface area contributed by atoms with Gasteiger partial charge in [0.25, 0.3) is 0 Å². The number of benzene rings is 11. The van der Waals surface area contributed by atoms with E-state index in [1.807, 2.05) is 6.07 Å². The third-order valence-corrected chi connectivity index (χ3v) is 15.7. The number of hydrogen-bond acceptors (Lipinski definition) is 0. The Balaban J connectivity index is 1.13. The number of nitrogens with zero attached hydrogens (tertiary/aromatic N) is 3. The predicted octanol–water partition coefficient (Wildman–Crippen LogP) is 20.3. The second kappa shape index (κ2) is 18.5. The topological polar surface area (TPSA) is 14.2 Å². The molecule has 3 heteroatoms. The molecular weight excluding hydrogens is 919 g/mol. The van der Waals surface area contributed by atoms with Gasteiger partial charge in [0.15, 0.2) is 5.69 Å². The first-order chi connectivity index (χ1) is 37.1. The summed E-state index contributed by atoms with van der Waals surface area (Å²) < 4.78 is 4.88. The highest BCUT2D eigenvalue weighted by molar-refractivity contribution is 6.15. The molecule has 0 N–H and O–H groups in total. The minimum absolute atomic E-state index is 0.586. The molecule has 362 valence electrons. The van der Waals surface area contributed by atoms with Crippen LogP contribution in [-0.4, -0.2) is 9.13 Å². The summed E-state index contributed by atoms with van der Waals surface area (Å²) in [7, 11) is 0. The van der Waals surface area contributed by atoms with Gasteiger partial charge in [-0.3, -0.25) is 0 Å². The van der Waals surface area contributed by atoms with Crippen LogP contribution in [0.4, 0.5) is 5.69 Å². The minimum Gasteiger partial charge on any atom is -0.310 e. The molecular formula is C73H55N3. The number of fused-ring (bicyclic) bond motifs is 6. The van der Waals surface area contributed by atoms with Crippen molar-refractivity contribution in [2.75, 3.05) is 0 Å². The summed E-state index contributed by atoms with van der Waals surface area (Å²) in [4.78, 5) is 4.45. The normalized spacial score (nSPS) is 11.5. The minimum atomic E-state index is 0.586. The predicted molar refractivity (Wildman–Crippen MR) is 322 cm³/mol. The van der Waals surface area contributed by atoms with Gasteiger partial charge in [-0.15, -0.1) is 0 Å². The van der Waals surface area contributed by atoms with Crippen LogP contribution in [0.25, 0.3) is 127 Å². The van der Waals surface area contributed by atoms with E-state index < -0.39 is 0 Å². The molecule has 0 aliphatic rings. The van der Waals surface area contributed by atoms with E-state index in [0.29, 0.717) is 5.69 Å². The second-order valence-electron chi connectivity index (χ2n) is 20.9. The molecule has 11 aromatic carbocycles. The second-order valence-corrected chi connectivity index (χ2v) is 20.9. The first kappa shape index (κ1) is 46.3. The summed E-state index contributed by atoms with van der Waals surface area (Å²) in [5, 5.41) is 4.64. The van der Waals surface area contributed by atoms with Gasteiger partial charge in [-0.1, -0.05) is 192 Å². The zero-order valence-corrected chi connectivity index (χ0v) is 43.7. The van der Waals surface area contributed by atoms with Crippen molar-refractivity contribution in [1.29, 1.82) is 0 Å². The Labute approximate surface area is 445 Å². The monoisotopic (exact) mass is 973 g/mol. The van der Waals surface area contributed by atoms with E-state index in [2.05, 4.69) is 274 Å². The van der Waals surface area contributed by atoms with Crippen molar-refractivity contribution in [1.82, 2.24) is 9.13 Å². The average molecular weight is 974 g/mol. The standard InChI is InChI=1S/C73H55N3/c1-45-14-23-51(24-15-45)55-31-36-66-61(41-55)62-42-56(52-25-16-46(2)17-26-52)32-37-67(62)75(66)70-12-8-10-60(59-35-22-49(5)40-50(59)6)72(70)73-65(74-7)11-9-13-71(73)76-68-38-33-57(53-27-18-47(3)19-28-53)43-63(68)64-44-58(34-39-69(64)76)54-29-20-48(4)21-30-54/h8-44H,1-6H3. The lowest BCUT2D eigenvalue weighted by molar-refractivity contribution is 1.16. The summed E-state index contributed by atoms with van der Waals surface area (Å²) in [5.74, 6) is 0. The highest BCUT2D eigenvalue weighted by Crippen LogP contribution is 2.50. The van der Waals surface area contributed by atoms with Crippen molar-refractivity contribution < 1.29 is 0 Å². The fourth-order valence-corrected chi connectivity index (χ4v) is 11.7. The lowest BCUT2D eigenvalue weighted by Gasteiger charge is -2.23. The Morgan fingerprint density at radius 2 is 0.618 bits per heavy atom. The molecule has 0 amide bonds. The van der Waals surface area contributed by atoms with Gasteiger partial charge >= 0.3 is 0 Å². The molecule has 0 saturated carbocycles. The summed E-state index contributed by atoms with van der Waals surface area (Å²) in [6, 6.07) is 82.7. The van der Waals surface area contributed by atoms with Crippen LogP contribution in [0.15, 0.2) is 224 Å². The molecule has 2 aromatic heterocycles. The molecule has 2 heterocycles. The van der Waals surface area contributed by atoms with E-state index >= 15 is 0 Å². The fourth-order valence-electron chi connectivity index (χ4n) is 11.7. The molecule has 13 aromatic rings.